The fourth-order valence-electron chi connectivity index (χ4n) is 4.11. The van der Waals surface area contributed by atoms with Crippen molar-refractivity contribution in [3.05, 3.63) is 70.5 Å². The third kappa shape index (κ3) is 4.17. The van der Waals surface area contributed by atoms with E-state index in [4.69, 9.17) is 11.6 Å². The molecule has 2 fully saturated rings. The highest BCUT2D eigenvalue weighted by molar-refractivity contribution is 9.12. The van der Waals surface area contributed by atoms with Gasteiger partial charge >= 0.3 is 0 Å². The van der Waals surface area contributed by atoms with E-state index in [1.54, 1.807) is 24.3 Å². The summed E-state index contributed by atoms with van der Waals surface area (Å²) in [5.41, 5.74) is 0.322. The number of benzene rings is 2. The SMILES string of the molecule is O=C(c1ccccc1Cl)N(Cc1ccccc1F)N1C(=O)[C@@H]2C[C@@H](Br)[C@@H](Br)C[C@H]2C1=O. The standard InChI is InChI=1S/C22H18Br2ClFN2O3/c23-16-9-14-15(10-17(16)24)22(31)28(21(14)30)27(11-12-5-1-4-8-19(12)26)20(29)13-6-2-3-7-18(13)25/h1-8,14-17H,9-11H2/t14-,15-,16-,17+/m1/s1. The molecule has 0 N–H and O–H groups in total. The minimum Gasteiger partial charge on any atom is -0.272 e. The van der Waals surface area contributed by atoms with Crippen LogP contribution < -0.4 is 0 Å². The molecule has 0 spiro atoms. The molecule has 1 aliphatic heterocycles. The number of imide groups is 1. The number of hydrazine groups is 1. The summed E-state index contributed by atoms with van der Waals surface area (Å²) in [6.07, 6.45) is 0.935. The zero-order valence-electron chi connectivity index (χ0n) is 16.2. The molecular weight excluding hydrogens is 555 g/mol. The van der Waals surface area contributed by atoms with Gasteiger partial charge in [0.2, 0.25) is 0 Å². The highest BCUT2D eigenvalue weighted by Crippen LogP contribution is 2.44. The summed E-state index contributed by atoms with van der Waals surface area (Å²) < 4.78 is 14.4. The van der Waals surface area contributed by atoms with Gasteiger partial charge in [-0.25, -0.2) is 9.40 Å². The van der Waals surface area contributed by atoms with E-state index in [0.717, 1.165) is 10.0 Å². The number of amides is 3. The first-order valence-corrected chi connectivity index (χ1v) is 12.0. The van der Waals surface area contributed by atoms with Crippen molar-refractivity contribution in [2.45, 2.75) is 29.0 Å². The lowest BCUT2D eigenvalue weighted by Gasteiger charge is -2.31. The van der Waals surface area contributed by atoms with E-state index in [0.29, 0.717) is 12.8 Å². The summed E-state index contributed by atoms with van der Waals surface area (Å²) in [6, 6.07) is 12.3. The molecule has 1 saturated heterocycles. The highest BCUT2D eigenvalue weighted by Gasteiger charge is 2.54. The second kappa shape index (κ2) is 9.00. The molecule has 2 aliphatic rings. The molecule has 4 rings (SSSR count). The smallest absolute Gasteiger partial charge is 0.272 e. The molecule has 0 unspecified atom stereocenters. The molecule has 0 aromatic heterocycles. The van der Waals surface area contributed by atoms with E-state index in [-0.39, 0.29) is 32.3 Å². The number of fused-ring (bicyclic) bond motifs is 1. The predicted octanol–water partition coefficient (Wildman–Crippen LogP) is 4.96. The van der Waals surface area contributed by atoms with E-state index in [1.165, 1.54) is 24.3 Å². The van der Waals surface area contributed by atoms with Gasteiger partial charge in [0.05, 0.1) is 29.0 Å². The van der Waals surface area contributed by atoms with Crippen LogP contribution in [0.15, 0.2) is 48.5 Å². The zero-order chi connectivity index (χ0) is 22.3. The van der Waals surface area contributed by atoms with Crippen molar-refractivity contribution in [2.75, 3.05) is 0 Å². The molecule has 31 heavy (non-hydrogen) atoms. The van der Waals surface area contributed by atoms with Gasteiger partial charge in [0, 0.05) is 15.2 Å². The molecule has 1 saturated carbocycles. The average molecular weight is 573 g/mol. The Balaban J connectivity index is 1.74. The molecule has 1 heterocycles. The number of carbonyl (C=O) groups is 3. The lowest BCUT2D eigenvalue weighted by Crippen LogP contribution is -2.50. The van der Waals surface area contributed by atoms with E-state index in [1.807, 2.05) is 0 Å². The Morgan fingerprint density at radius 3 is 2.13 bits per heavy atom. The maximum absolute atomic E-state index is 14.4. The molecule has 3 amide bonds. The summed E-state index contributed by atoms with van der Waals surface area (Å²) >= 11 is 13.3. The summed E-state index contributed by atoms with van der Waals surface area (Å²) in [5, 5.41) is 2.11. The van der Waals surface area contributed by atoms with Crippen molar-refractivity contribution < 1.29 is 18.8 Å². The average Bonchev–Trinajstić information content (AvgIpc) is 2.97. The number of rotatable bonds is 4. The molecule has 162 valence electrons. The predicted molar refractivity (Wildman–Crippen MR) is 121 cm³/mol. The van der Waals surface area contributed by atoms with Crippen LogP contribution in [0.2, 0.25) is 5.02 Å². The molecule has 5 nitrogen and oxygen atoms in total. The Bertz CT molecular complexity index is 1020. The second-order valence-electron chi connectivity index (χ2n) is 7.64. The normalized spacial score (nSPS) is 25.5. The van der Waals surface area contributed by atoms with Gasteiger partial charge in [0.1, 0.15) is 5.82 Å². The van der Waals surface area contributed by atoms with Crippen LogP contribution in [0.5, 0.6) is 0 Å². The largest absolute Gasteiger partial charge is 0.274 e. The summed E-state index contributed by atoms with van der Waals surface area (Å²) in [6.45, 7) is -0.275. The van der Waals surface area contributed by atoms with Crippen LogP contribution in [0.1, 0.15) is 28.8 Å². The first-order chi connectivity index (χ1) is 14.8. The van der Waals surface area contributed by atoms with Crippen LogP contribution in [-0.2, 0) is 16.1 Å². The lowest BCUT2D eigenvalue weighted by molar-refractivity contribution is -0.155. The molecule has 9 heteroatoms. The summed E-state index contributed by atoms with van der Waals surface area (Å²) in [7, 11) is 0. The van der Waals surface area contributed by atoms with E-state index >= 15 is 0 Å². The highest BCUT2D eigenvalue weighted by atomic mass is 79.9. The maximum atomic E-state index is 14.4. The van der Waals surface area contributed by atoms with Gasteiger partial charge in [-0.2, -0.15) is 5.01 Å². The number of hydrogen-bond acceptors (Lipinski definition) is 3. The number of halogens is 4. The van der Waals surface area contributed by atoms with Gasteiger partial charge < -0.3 is 0 Å². The Kier molecular flexibility index (Phi) is 6.51. The number of carbonyl (C=O) groups excluding carboxylic acids is 3. The minimum atomic E-state index is -0.639. The summed E-state index contributed by atoms with van der Waals surface area (Å²) in [4.78, 5) is 40.1. The first kappa shape index (κ1) is 22.4. The van der Waals surface area contributed by atoms with Gasteiger partial charge in [-0.15, -0.1) is 0 Å². The van der Waals surface area contributed by atoms with Crippen molar-refractivity contribution in [3.8, 4) is 0 Å². The first-order valence-electron chi connectivity index (χ1n) is 9.75. The molecule has 0 radical (unpaired) electrons. The van der Waals surface area contributed by atoms with Crippen LogP contribution in [0, 0.1) is 17.7 Å². The summed E-state index contributed by atoms with van der Waals surface area (Å²) in [5.74, 6) is -3.14. The van der Waals surface area contributed by atoms with Gasteiger partial charge in [-0.05, 0) is 31.0 Å². The van der Waals surface area contributed by atoms with E-state index in [2.05, 4.69) is 31.9 Å². The number of alkyl halides is 2. The van der Waals surface area contributed by atoms with Crippen LogP contribution in [0.4, 0.5) is 4.39 Å². The van der Waals surface area contributed by atoms with Crippen molar-refractivity contribution >= 4 is 61.2 Å². The molecular formula is C22H18Br2ClFN2O3. The van der Waals surface area contributed by atoms with Gasteiger partial charge in [0.15, 0.2) is 0 Å². The van der Waals surface area contributed by atoms with Crippen LogP contribution in [0.3, 0.4) is 0 Å². The molecule has 2 aromatic rings. The van der Waals surface area contributed by atoms with Crippen LogP contribution >= 0.6 is 43.5 Å². The van der Waals surface area contributed by atoms with Gasteiger partial charge in [-0.1, -0.05) is 73.8 Å². The van der Waals surface area contributed by atoms with Crippen LogP contribution in [-0.4, -0.2) is 37.4 Å². The fraction of sp³-hybridized carbons (Fsp3) is 0.318. The fourth-order valence-corrected chi connectivity index (χ4v) is 5.56. The molecule has 2 aromatic carbocycles. The monoisotopic (exact) mass is 570 g/mol. The Labute approximate surface area is 200 Å². The number of hydrogen-bond donors (Lipinski definition) is 0. The van der Waals surface area contributed by atoms with Crippen LogP contribution in [0.25, 0.3) is 0 Å². The zero-order valence-corrected chi connectivity index (χ0v) is 20.1. The van der Waals surface area contributed by atoms with Crippen molar-refractivity contribution in [1.82, 2.24) is 10.0 Å². The minimum absolute atomic E-state index is 0.0322. The molecule has 4 atom stereocenters. The lowest BCUT2D eigenvalue weighted by atomic mass is 9.81. The van der Waals surface area contributed by atoms with Gasteiger partial charge in [0.25, 0.3) is 17.7 Å². The molecule has 1 aliphatic carbocycles. The third-order valence-corrected chi connectivity index (χ3v) is 8.81. The topological polar surface area (TPSA) is 57.7 Å². The number of nitrogens with zero attached hydrogens (tertiary/aromatic N) is 2. The van der Waals surface area contributed by atoms with Crippen molar-refractivity contribution in [1.29, 1.82) is 0 Å². The Hall–Kier alpha value is -1.77. The maximum Gasteiger partial charge on any atom is 0.274 e. The molecule has 0 bridgehead atoms. The van der Waals surface area contributed by atoms with E-state index < -0.39 is 35.4 Å². The third-order valence-electron chi connectivity index (χ3n) is 5.75. The second-order valence-corrected chi connectivity index (χ2v) is 10.4. The Morgan fingerprint density at radius 2 is 1.55 bits per heavy atom. The van der Waals surface area contributed by atoms with Gasteiger partial charge in [-0.3, -0.25) is 14.4 Å². The van der Waals surface area contributed by atoms with Crippen molar-refractivity contribution in [3.63, 3.8) is 0 Å². The quantitative estimate of drug-likeness (QED) is 0.385. The Morgan fingerprint density at radius 1 is 1.00 bits per heavy atom. The van der Waals surface area contributed by atoms with Crippen molar-refractivity contribution in [2.24, 2.45) is 11.8 Å². The van der Waals surface area contributed by atoms with E-state index in [9.17, 15) is 18.8 Å².